The molecule has 3 aliphatic rings. The van der Waals surface area contributed by atoms with E-state index in [1.54, 1.807) is 0 Å². The molecule has 0 heterocycles. The topological polar surface area (TPSA) is 207 Å². The molecule has 1 aromatic carbocycles. The van der Waals surface area contributed by atoms with Gasteiger partial charge in [0.2, 0.25) is 5.91 Å². The highest BCUT2D eigenvalue weighted by Gasteiger charge is 2.66. The minimum atomic E-state index is -2.55. The number of hydrogen-bond donors (Lipinski definition) is 7. The zero-order valence-corrected chi connectivity index (χ0v) is 17.8. The minimum Gasteiger partial charge on any atom is -0.508 e. The van der Waals surface area contributed by atoms with Crippen molar-refractivity contribution in [3.63, 3.8) is 0 Å². The number of nitrogens with one attached hydrogen (secondary N) is 1. The number of anilines is 1. The SMILES string of the molecule is CC(=O)Nc1ccc2c(c1O)C(=O)C1C(O)C3(O)C(O)=C(C(N)=O)C(=O)CC3CC1[C@]2(C)O. The molecule has 11 nitrogen and oxygen atoms in total. The van der Waals surface area contributed by atoms with E-state index < -0.39 is 81.9 Å². The summed E-state index contributed by atoms with van der Waals surface area (Å²) in [7, 11) is 0. The molecule has 176 valence electrons. The van der Waals surface area contributed by atoms with Gasteiger partial charge in [-0.1, -0.05) is 6.07 Å². The maximum absolute atomic E-state index is 13.5. The van der Waals surface area contributed by atoms with Gasteiger partial charge in [-0.05, 0) is 25.0 Å². The molecule has 5 unspecified atom stereocenters. The van der Waals surface area contributed by atoms with E-state index in [2.05, 4.69) is 5.32 Å². The summed E-state index contributed by atoms with van der Waals surface area (Å²) in [6.45, 7) is 2.57. The Morgan fingerprint density at radius 1 is 1.18 bits per heavy atom. The van der Waals surface area contributed by atoms with Crippen LogP contribution in [-0.4, -0.2) is 60.6 Å². The van der Waals surface area contributed by atoms with Gasteiger partial charge in [-0.2, -0.15) is 0 Å². The number of fused-ring (bicyclic) bond motifs is 3. The van der Waals surface area contributed by atoms with Gasteiger partial charge in [-0.3, -0.25) is 19.2 Å². The Bertz CT molecular complexity index is 1150. The summed E-state index contributed by atoms with van der Waals surface area (Å²) in [6, 6.07) is 2.70. The second-order valence-corrected chi connectivity index (χ2v) is 9.13. The van der Waals surface area contributed by atoms with Crippen molar-refractivity contribution in [2.45, 2.75) is 44.0 Å². The summed E-state index contributed by atoms with van der Waals surface area (Å²) >= 11 is 0. The summed E-state index contributed by atoms with van der Waals surface area (Å²) < 4.78 is 0. The molecule has 0 aliphatic heterocycles. The van der Waals surface area contributed by atoms with Crippen molar-refractivity contribution in [1.29, 1.82) is 0 Å². The van der Waals surface area contributed by atoms with Gasteiger partial charge >= 0.3 is 0 Å². The van der Waals surface area contributed by atoms with Crippen LogP contribution >= 0.6 is 0 Å². The van der Waals surface area contributed by atoms with Crippen LogP contribution in [0.4, 0.5) is 5.69 Å². The van der Waals surface area contributed by atoms with Crippen molar-refractivity contribution < 1.29 is 44.7 Å². The van der Waals surface area contributed by atoms with E-state index >= 15 is 0 Å². The zero-order chi connectivity index (χ0) is 24.6. The monoisotopic (exact) mass is 460 g/mol. The quantitative estimate of drug-likeness (QED) is 0.221. The molecule has 6 atom stereocenters. The third-order valence-corrected chi connectivity index (χ3v) is 7.26. The van der Waals surface area contributed by atoms with E-state index in [0.717, 1.165) is 0 Å². The Labute approximate surface area is 187 Å². The molecule has 11 heteroatoms. The number of benzene rings is 1. The van der Waals surface area contributed by atoms with E-state index in [1.165, 1.54) is 26.0 Å². The second-order valence-electron chi connectivity index (χ2n) is 9.13. The molecule has 1 aromatic rings. The second kappa shape index (κ2) is 7.11. The highest BCUT2D eigenvalue weighted by Crippen LogP contribution is 2.57. The lowest BCUT2D eigenvalue weighted by atomic mass is 9.51. The molecular formula is C22H24N2O9. The minimum absolute atomic E-state index is 0.0534. The molecule has 2 amide bonds. The summed E-state index contributed by atoms with van der Waals surface area (Å²) in [5.74, 6) is -8.83. The van der Waals surface area contributed by atoms with Crippen molar-refractivity contribution in [2.24, 2.45) is 23.5 Å². The predicted octanol–water partition coefficient (Wildman–Crippen LogP) is -0.631. The lowest BCUT2D eigenvalue weighted by Gasteiger charge is -2.56. The van der Waals surface area contributed by atoms with Gasteiger partial charge in [0.15, 0.2) is 17.2 Å². The highest BCUT2D eigenvalue weighted by atomic mass is 16.4. The molecule has 1 saturated carbocycles. The number of Topliss-reactive ketones (excluding diaryl/α,β-unsaturated/α-hetero) is 2. The number of amides is 2. The van der Waals surface area contributed by atoms with Crippen molar-refractivity contribution in [3.05, 3.63) is 34.6 Å². The van der Waals surface area contributed by atoms with Crippen LogP contribution in [-0.2, 0) is 20.0 Å². The smallest absolute Gasteiger partial charge is 0.255 e. The van der Waals surface area contributed by atoms with Gasteiger partial charge in [0, 0.05) is 25.2 Å². The summed E-state index contributed by atoms with van der Waals surface area (Å²) in [4.78, 5) is 49.0. The molecule has 0 spiro atoms. The molecule has 0 aromatic heterocycles. The first-order valence-electron chi connectivity index (χ1n) is 10.3. The summed E-state index contributed by atoms with van der Waals surface area (Å²) in [6.07, 6.45) is -2.64. The number of phenols is 1. The predicted molar refractivity (Wildman–Crippen MR) is 111 cm³/mol. The number of ketones is 2. The van der Waals surface area contributed by atoms with Gasteiger partial charge in [-0.15, -0.1) is 0 Å². The fourth-order valence-corrected chi connectivity index (χ4v) is 5.68. The summed E-state index contributed by atoms with van der Waals surface area (Å²) in [5, 5.41) is 57.6. The number of carbonyl (C=O) groups is 4. The number of primary amides is 1. The van der Waals surface area contributed by atoms with Crippen LogP contribution in [0.25, 0.3) is 0 Å². The molecule has 1 fully saturated rings. The lowest BCUT2D eigenvalue weighted by Crippen LogP contribution is -2.66. The van der Waals surface area contributed by atoms with E-state index in [0.29, 0.717) is 0 Å². The number of carbonyl (C=O) groups excluding carboxylic acids is 4. The molecule has 0 radical (unpaired) electrons. The maximum Gasteiger partial charge on any atom is 0.255 e. The molecule has 4 rings (SSSR count). The van der Waals surface area contributed by atoms with Gasteiger partial charge < -0.3 is 36.6 Å². The van der Waals surface area contributed by atoms with Crippen molar-refractivity contribution in [2.75, 3.05) is 5.32 Å². The molecule has 0 saturated heterocycles. The van der Waals surface area contributed by atoms with Gasteiger partial charge in [0.05, 0.1) is 22.8 Å². The third kappa shape index (κ3) is 2.93. The Morgan fingerprint density at radius 3 is 2.39 bits per heavy atom. The van der Waals surface area contributed by atoms with E-state index in [-0.39, 0.29) is 23.2 Å². The Morgan fingerprint density at radius 2 is 1.82 bits per heavy atom. The number of hydrogen-bond acceptors (Lipinski definition) is 9. The Balaban J connectivity index is 1.90. The van der Waals surface area contributed by atoms with Gasteiger partial charge in [0.1, 0.15) is 23.2 Å². The Hall–Kier alpha value is -3.28. The number of nitrogens with two attached hydrogens (primary N) is 1. The van der Waals surface area contributed by atoms with E-state index in [4.69, 9.17) is 5.73 Å². The molecular weight excluding hydrogens is 436 g/mol. The Kier molecular flexibility index (Phi) is 4.93. The van der Waals surface area contributed by atoms with Gasteiger partial charge in [-0.25, -0.2) is 0 Å². The first kappa shape index (κ1) is 22.9. The number of rotatable bonds is 2. The first-order chi connectivity index (χ1) is 15.2. The lowest BCUT2D eigenvalue weighted by molar-refractivity contribution is -0.195. The normalized spacial score (nSPS) is 35.4. The van der Waals surface area contributed by atoms with Crippen molar-refractivity contribution in [3.8, 4) is 5.75 Å². The molecule has 33 heavy (non-hydrogen) atoms. The van der Waals surface area contributed by atoms with Crippen molar-refractivity contribution in [1.82, 2.24) is 0 Å². The first-order valence-corrected chi connectivity index (χ1v) is 10.3. The number of aliphatic hydroxyl groups is 4. The van der Waals surface area contributed by atoms with E-state index in [9.17, 15) is 44.7 Å². The van der Waals surface area contributed by atoms with Crippen LogP contribution < -0.4 is 11.1 Å². The van der Waals surface area contributed by atoms with Crippen LogP contribution in [0.15, 0.2) is 23.5 Å². The van der Waals surface area contributed by atoms with Crippen LogP contribution in [0.1, 0.15) is 42.6 Å². The average molecular weight is 460 g/mol. The number of aromatic hydroxyl groups is 1. The third-order valence-electron chi connectivity index (χ3n) is 7.26. The average Bonchev–Trinajstić information content (AvgIpc) is 2.69. The zero-order valence-electron chi connectivity index (χ0n) is 17.8. The van der Waals surface area contributed by atoms with Crippen molar-refractivity contribution >= 4 is 29.1 Å². The molecule has 0 bridgehead atoms. The van der Waals surface area contributed by atoms with E-state index in [1.807, 2.05) is 0 Å². The summed E-state index contributed by atoms with van der Waals surface area (Å²) in [5.41, 5.74) is -0.408. The fraction of sp³-hybridized carbons (Fsp3) is 0.455. The standard InChI is InChI=1S/C22H24N2O9/c1-7(25)24-11-4-3-9-13(16(11)27)17(28)14-10(21(9,2)32)5-8-6-12(26)15(20(23)31)19(30)22(8,33)18(14)29/h3-4,8,10,14,18,27,29-30,32-33H,5-6H2,1-2H3,(H2,23,31)(H,24,25)/t8?,10?,14?,18?,21-,22?/m1/s1. The van der Waals surface area contributed by atoms with Gasteiger partial charge in [0.25, 0.3) is 5.91 Å². The maximum atomic E-state index is 13.5. The largest absolute Gasteiger partial charge is 0.508 e. The fourth-order valence-electron chi connectivity index (χ4n) is 5.68. The number of aliphatic hydroxyl groups excluding tert-OH is 2. The van der Waals surface area contributed by atoms with Crippen LogP contribution in [0.3, 0.4) is 0 Å². The highest BCUT2D eigenvalue weighted by molar-refractivity contribution is 6.20. The number of phenolic OH excluding ortho intramolecular Hbond substituents is 1. The van der Waals surface area contributed by atoms with Crippen LogP contribution in [0, 0.1) is 17.8 Å². The molecule has 8 N–H and O–H groups in total. The molecule has 3 aliphatic carbocycles. The van der Waals surface area contributed by atoms with Crippen LogP contribution in [0.2, 0.25) is 0 Å². The van der Waals surface area contributed by atoms with Crippen LogP contribution in [0.5, 0.6) is 5.75 Å².